The second-order valence-corrected chi connectivity index (χ2v) is 8.66. The van der Waals surface area contributed by atoms with Crippen LogP contribution in [0.5, 0.6) is 0 Å². The summed E-state index contributed by atoms with van der Waals surface area (Å²) in [5.74, 6) is 0. The zero-order valence-electron chi connectivity index (χ0n) is 14.7. The number of hydrogen-bond donors (Lipinski definition) is 1. The summed E-state index contributed by atoms with van der Waals surface area (Å²) < 4.78 is 26.0. The van der Waals surface area contributed by atoms with Crippen LogP contribution in [0.25, 0.3) is 0 Å². The normalized spacial score (nSPS) is 19.8. The van der Waals surface area contributed by atoms with Gasteiger partial charge in [-0.25, -0.2) is 8.42 Å². The van der Waals surface area contributed by atoms with Gasteiger partial charge >= 0.3 is 0 Å². The highest BCUT2D eigenvalue weighted by Gasteiger charge is 2.31. The number of piperidine rings is 1. The molecule has 1 saturated heterocycles. The Bertz CT molecular complexity index is 837. The summed E-state index contributed by atoms with van der Waals surface area (Å²) in [5.41, 5.74) is 4.14. The highest BCUT2D eigenvalue weighted by Crippen LogP contribution is 2.34. The average Bonchev–Trinajstić information content (AvgIpc) is 3.09. The molecule has 0 amide bonds. The monoisotopic (exact) mass is 351 g/mol. The molecule has 3 rings (SSSR count). The molecule has 1 fully saturated rings. The van der Waals surface area contributed by atoms with E-state index in [1.165, 1.54) is 18.0 Å². The van der Waals surface area contributed by atoms with Gasteiger partial charge in [-0.1, -0.05) is 6.42 Å². The van der Waals surface area contributed by atoms with Gasteiger partial charge in [0.15, 0.2) is 9.84 Å². The maximum Gasteiger partial charge on any atom is 0.178 e. The summed E-state index contributed by atoms with van der Waals surface area (Å²) >= 11 is 0. The lowest BCUT2D eigenvalue weighted by molar-refractivity contribution is 0.134. The second-order valence-electron chi connectivity index (χ2n) is 6.68. The number of aryl methyl sites for hydroxylation is 2. The Kier molecular flexibility index (Phi) is 4.52. The van der Waals surface area contributed by atoms with Crippen molar-refractivity contribution in [2.45, 2.75) is 50.6 Å². The first kappa shape index (κ1) is 17.2. The molecule has 1 N–H and O–H groups in total. The molecule has 0 radical (unpaired) electrons. The number of H-pyrrole nitrogens is 1. The first-order valence-corrected chi connectivity index (χ1v) is 10.1. The smallest absolute Gasteiger partial charge is 0.178 e. The Labute approximate surface area is 143 Å². The molecule has 2 aromatic heterocycles. The standard InChI is InChI=1S/C16H25N5O2S/c1-11-13(12(2)20(3)19-11)10-21-8-6-5-7-14(21)16-15(9-17-18-16)24(4,22)23/h9,14H,5-8,10H2,1-4H3,(H,17,18). The fourth-order valence-corrected chi connectivity index (χ4v) is 4.40. The first-order chi connectivity index (χ1) is 11.3. The number of nitrogens with one attached hydrogen (secondary N) is 1. The van der Waals surface area contributed by atoms with Gasteiger partial charge in [0, 0.05) is 31.1 Å². The van der Waals surface area contributed by atoms with E-state index in [2.05, 4.69) is 27.1 Å². The molecule has 2 aromatic rings. The largest absolute Gasteiger partial charge is 0.290 e. The molecule has 1 aliphatic heterocycles. The van der Waals surface area contributed by atoms with Crippen molar-refractivity contribution in [3.8, 4) is 0 Å². The fraction of sp³-hybridized carbons (Fsp3) is 0.625. The van der Waals surface area contributed by atoms with Gasteiger partial charge in [0.25, 0.3) is 0 Å². The second kappa shape index (κ2) is 6.33. The maximum absolute atomic E-state index is 12.0. The lowest BCUT2D eigenvalue weighted by Crippen LogP contribution is -2.34. The van der Waals surface area contributed by atoms with Crippen LogP contribution in [0.1, 0.15) is 47.9 Å². The van der Waals surface area contributed by atoms with E-state index in [0.29, 0.717) is 4.90 Å². The number of aromatic amines is 1. The molecule has 7 nitrogen and oxygen atoms in total. The lowest BCUT2D eigenvalue weighted by Gasteiger charge is -2.35. The molecule has 8 heteroatoms. The summed E-state index contributed by atoms with van der Waals surface area (Å²) in [4.78, 5) is 2.67. The lowest BCUT2D eigenvalue weighted by atomic mass is 9.98. The minimum Gasteiger partial charge on any atom is -0.290 e. The third kappa shape index (κ3) is 3.12. The topological polar surface area (TPSA) is 83.9 Å². The molecule has 0 aliphatic carbocycles. The van der Waals surface area contributed by atoms with E-state index >= 15 is 0 Å². The third-order valence-corrected chi connectivity index (χ3v) is 6.12. The van der Waals surface area contributed by atoms with E-state index in [9.17, 15) is 8.42 Å². The third-order valence-electron chi connectivity index (χ3n) is 5.00. The van der Waals surface area contributed by atoms with Crippen molar-refractivity contribution >= 4 is 9.84 Å². The van der Waals surface area contributed by atoms with Gasteiger partial charge in [-0.15, -0.1) is 0 Å². The van der Waals surface area contributed by atoms with Gasteiger partial charge in [-0.2, -0.15) is 10.2 Å². The van der Waals surface area contributed by atoms with Gasteiger partial charge in [0.05, 0.1) is 23.6 Å². The van der Waals surface area contributed by atoms with E-state index in [1.54, 1.807) is 0 Å². The van der Waals surface area contributed by atoms with Crippen LogP contribution in [0, 0.1) is 13.8 Å². The number of rotatable bonds is 4. The molecular formula is C16H25N5O2S. The van der Waals surface area contributed by atoms with E-state index in [0.717, 1.165) is 49.4 Å². The van der Waals surface area contributed by atoms with Gasteiger partial charge in [0.2, 0.25) is 0 Å². The van der Waals surface area contributed by atoms with Crippen LogP contribution in [0.4, 0.5) is 0 Å². The van der Waals surface area contributed by atoms with Crippen LogP contribution >= 0.6 is 0 Å². The molecule has 132 valence electrons. The molecule has 3 heterocycles. The van der Waals surface area contributed by atoms with Gasteiger partial charge in [-0.3, -0.25) is 14.7 Å². The van der Waals surface area contributed by atoms with Crippen LogP contribution < -0.4 is 0 Å². The van der Waals surface area contributed by atoms with Crippen LogP contribution in [0.2, 0.25) is 0 Å². The summed E-state index contributed by atoms with van der Waals surface area (Å²) in [7, 11) is -1.33. The summed E-state index contributed by atoms with van der Waals surface area (Å²) in [5, 5.41) is 11.4. The van der Waals surface area contributed by atoms with Gasteiger partial charge in [0.1, 0.15) is 4.90 Å². The maximum atomic E-state index is 12.0. The molecule has 1 aliphatic rings. The van der Waals surface area contributed by atoms with E-state index in [-0.39, 0.29) is 6.04 Å². The SMILES string of the molecule is Cc1nn(C)c(C)c1CN1CCCCC1c1[nH]ncc1S(C)(=O)=O. The first-order valence-electron chi connectivity index (χ1n) is 8.25. The van der Waals surface area contributed by atoms with E-state index in [1.807, 2.05) is 18.7 Å². The van der Waals surface area contributed by atoms with Crippen LogP contribution in [0.15, 0.2) is 11.1 Å². The summed E-state index contributed by atoms with van der Waals surface area (Å²) in [6.07, 6.45) is 5.82. The highest BCUT2D eigenvalue weighted by atomic mass is 32.2. The quantitative estimate of drug-likeness (QED) is 0.909. The zero-order valence-corrected chi connectivity index (χ0v) is 15.5. The summed E-state index contributed by atoms with van der Waals surface area (Å²) in [6, 6.07) is 0.0463. The number of hydrogen-bond acceptors (Lipinski definition) is 5. The number of likely N-dealkylation sites (tertiary alicyclic amines) is 1. The molecule has 0 bridgehead atoms. The molecule has 0 saturated carbocycles. The molecular weight excluding hydrogens is 326 g/mol. The van der Waals surface area contributed by atoms with Crippen molar-refractivity contribution in [2.24, 2.45) is 7.05 Å². The van der Waals surface area contributed by atoms with Gasteiger partial charge < -0.3 is 0 Å². The predicted octanol–water partition coefficient (Wildman–Crippen LogP) is 1.89. The molecule has 24 heavy (non-hydrogen) atoms. The Morgan fingerprint density at radius 1 is 1.33 bits per heavy atom. The Balaban J connectivity index is 1.94. The minimum atomic E-state index is -3.28. The van der Waals surface area contributed by atoms with Crippen LogP contribution in [0.3, 0.4) is 0 Å². The van der Waals surface area contributed by atoms with Crippen molar-refractivity contribution in [1.29, 1.82) is 0 Å². The molecule has 0 spiro atoms. The highest BCUT2D eigenvalue weighted by molar-refractivity contribution is 7.90. The van der Waals surface area contributed by atoms with Crippen molar-refractivity contribution in [1.82, 2.24) is 24.9 Å². The number of sulfone groups is 1. The minimum absolute atomic E-state index is 0.0463. The summed E-state index contributed by atoms with van der Waals surface area (Å²) in [6.45, 7) is 5.82. The Morgan fingerprint density at radius 2 is 2.08 bits per heavy atom. The van der Waals surface area contributed by atoms with Crippen molar-refractivity contribution in [2.75, 3.05) is 12.8 Å². The molecule has 0 aromatic carbocycles. The van der Waals surface area contributed by atoms with Gasteiger partial charge in [-0.05, 0) is 33.2 Å². The van der Waals surface area contributed by atoms with E-state index in [4.69, 9.17) is 0 Å². The van der Waals surface area contributed by atoms with E-state index < -0.39 is 9.84 Å². The van der Waals surface area contributed by atoms with Crippen molar-refractivity contribution < 1.29 is 8.42 Å². The predicted molar refractivity (Wildman–Crippen MR) is 91.4 cm³/mol. The average molecular weight is 351 g/mol. The molecule has 1 atom stereocenters. The molecule has 1 unspecified atom stereocenters. The van der Waals surface area contributed by atoms with Crippen molar-refractivity contribution in [3.05, 3.63) is 28.8 Å². The van der Waals surface area contributed by atoms with Crippen LogP contribution in [-0.4, -0.2) is 46.1 Å². The Morgan fingerprint density at radius 3 is 2.71 bits per heavy atom. The van der Waals surface area contributed by atoms with Crippen molar-refractivity contribution in [3.63, 3.8) is 0 Å². The number of aromatic nitrogens is 4. The Hall–Kier alpha value is -1.67. The van der Waals surface area contributed by atoms with Crippen LogP contribution in [-0.2, 0) is 23.4 Å². The zero-order chi connectivity index (χ0) is 17.5. The fourth-order valence-electron chi connectivity index (χ4n) is 3.58. The number of nitrogens with zero attached hydrogens (tertiary/aromatic N) is 4.